The number of imidazole rings is 2. The molecule has 9 nitrogen and oxygen atoms in total. The lowest BCUT2D eigenvalue weighted by Crippen LogP contribution is -2.28. The number of hydrogen-bond acceptors (Lipinski definition) is 5. The molecule has 0 spiro atoms. The minimum absolute atomic E-state index is 0.192. The van der Waals surface area contributed by atoms with Crippen molar-refractivity contribution in [1.82, 2.24) is 29.1 Å². The summed E-state index contributed by atoms with van der Waals surface area (Å²) in [4.78, 5) is 32.8. The highest BCUT2D eigenvalue weighted by atomic mass is 16.5. The normalized spacial score (nSPS) is 15.5. The summed E-state index contributed by atoms with van der Waals surface area (Å²) >= 11 is 0. The molecular formula is C22H15N7O2. The van der Waals surface area contributed by atoms with Gasteiger partial charge in [-0.25, -0.2) is 19.6 Å². The van der Waals surface area contributed by atoms with E-state index in [9.17, 15) is 4.79 Å². The predicted octanol–water partition coefficient (Wildman–Crippen LogP) is 3.38. The molecule has 2 aromatic carbocycles. The number of nitrogens with one attached hydrogen (secondary N) is 1. The van der Waals surface area contributed by atoms with Crippen LogP contribution in [-0.4, -0.2) is 35.7 Å². The first-order valence-electron chi connectivity index (χ1n) is 9.77. The van der Waals surface area contributed by atoms with Crippen LogP contribution in [0, 0.1) is 6.57 Å². The van der Waals surface area contributed by atoms with E-state index in [1.165, 1.54) is 0 Å². The lowest BCUT2D eigenvalue weighted by molar-refractivity contribution is 0.256. The molecule has 9 heteroatoms. The highest BCUT2D eigenvalue weighted by molar-refractivity contribution is 5.81. The number of nitrogens with zero attached hydrogens (tertiary/aromatic N) is 6. The average Bonchev–Trinajstić information content (AvgIpc) is 3.37. The molecule has 0 fully saturated rings. The second kappa shape index (κ2) is 6.53. The number of para-hydroxylation sites is 1. The van der Waals surface area contributed by atoms with Gasteiger partial charge in [-0.3, -0.25) is 9.13 Å². The van der Waals surface area contributed by atoms with Crippen LogP contribution in [0.5, 0.6) is 5.75 Å². The van der Waals surface area contributed by atoms with Crippen LogP contribution in [0.15, 0.2) is 59.8 Å². The van der Waals surface area contributed by atoms with E-state index in [2.05, 4.69) is 19.8 Å². The molecule has 3 aromatic heterocycles. The Morgan fingerprint density at radius 2 is 2.10 bits per heavy atom. The third kappa shape index (κ3) is 2.62. The molecule has 0 unspecified atom stereocenters. The third-order valence-corrected chi connectivity index (χ3v) is 5.56. The molecule has 4 heterocycles. The van der Waals surface area contributed by atoms with Crippen LogP contribution in [0.4, 0.5) is 5.69 Å². The number of hydrogen-bond donors (Lipinski definition) is 1. The van der Waals surface area contributed by atoms with Gasteiger partial charge in [0.05, 0.1) is 36.5 Å². The molecule has 1 aliphatic rings. The molecule has 0 bridgehead atoms. The van der Waals surface area contributed by atoms with Gasteiger partial charge in [0.2, 0.25) is 5.95 Å². The smallest absolute Gasteiger partial charge is 0.328 e. The van der Waals surface area contributed by atoms with E-state index in [0.29, 0.717) is 35.8 Å². The molecule has 1 atom stereocenters. The summed E-state index contributed by atoms with van der Waals surface area (Å²) in [6.45, 7) is 7.79. The maximum Gasteiger partial charge on any atom is 0.328 e. The second-order valence-electron chi connectivity index (χ2n) is 7.30. The molecule has 5 aromatic rings. The van der Waals surface area contributed by atoms with Crippen LogP contribution in [-0.2, 0) is 0 Å². The van der Waals surface area contributed by atoms with Crippen molar-refractivity contribution < 1.29 is 4.74 Å². The monoisotopic (exact) mass is 409 g/mol. The van der Waals surface area contributed by atoms with Crippen molar-refractivity contribution in [1.29, 1.82) is 0 Å². The van der Waals surface area contributed by atoms with Crippen LogP contribution >= 0.6 is 0 Å². The number of aromatic amines is 1. The van der Waals surface area contributed by atoms with Gasteiger partial charge in [-0.1, -0.05) is 24.3 Å². The number of ether oxygens (including phenoxy) is 1. The number of rotatable bonds is 2. The maximum absolute atomic E-state index is 12.9. The Morgan fingerprint density at radius 3 is 3.00 bits per heavy atom. The van der Waals surface area contributed by atoms with Gasteiger partial charge in [-0.05, 0) is 18.2 Å². The van der Waals surface area contributed by atoms with E-state index in [1.807, 2.05) is 24.3 Å². The molecule has 0 saturated heterocycles. The number of benzene rings is 2. The van der Waals surface area contributed by atoms with E-state index >= 15 is 0 Å². The molecule has 150 valence electrons. The fourth-order valence-corrected chi connectivity index (χ4v) is 4.13. The van der Waals surface area contributed by atoms with Gasteiger partial charge < -0.3 is 9.72 Å². The Bertz CT molecular complexity index is 1570. The minimum Gasteiger partial charge on any atom is -0.493 e. The van der Waals surface area contributed by atoms with Crippen LogP contribution in [0.25, 0.3) is 33.0 Å². The van der Waals surface area contributed by atoms with E-state index < -0.39 is 0 Å². The summed E-state index contributed by atoms with van der Waals surface area (Å²) < 4.78 is 9.16. The zero-order valence-electron chi connectivity index (χ0n) is 16.2. The van der Waals surface area contributed by atoms with Crippen molar-refractivity contribution in [2.75, 3.05) is 6.61 Å². The fourth-order valence-electron chi connectivity index (χ4n) is 4.13. The lowest BCUT2D eigenvalue weighted by atomic mass is 10.0. The molecular weight excluding hydrogens is 394 g/mol. The fraction of sp³-hybridized carbons (Fsp3) is 0.136. The Kier molecular flexibility index (Phi) is 3.67. The number of aromatic nitrogens is 6. The van der Waals surface area contributed by atoms with E-state index in [1.54, 1.807) is 39.9 Å². The van der Waals surface area contributed by atoms with Gasteiger partial charge >= 0.3 is 5.69 Å². The van der Waals surface area contributed by atoms with Gasteiger partial charge in [0, 0.05) is 12.0 Å². The summed E-state index contributed by atoms with van der Waals surface area (Å²) in [6.07, 6.45) is 3.88. The van der Waals surface area contributed by atoms with Crippen LogP contribution in [0.1, 0.15) is 18.0 Å². The molecule has 0 aliphatic carbocycles. The van der Waals surface area contributed by atoms with Gasteiger partial charge in [-0.2, -0.15) is 4.98 Å². The summed E-state index contributed by atoms with van der Waals surface area (Å²) in [7, 11) is 0. The summed E-state index contributed by atoms with van der Waals surface area (Å²) in [5.41, 5.74) is 3.76. The number of H-pyrrole nitrogens is 1. The molecule has 1 aliphatic heterocycles. The van der Waals surface area contributed by atoms with Crippen molar-refractivity contribution in [3.8, 4) is 11.7 Å². The van der Waals surface area contributed by atoms with E-state index in [0.717, 1.165) is 22.3 Å². The third-order valence-electron chi connectivity index (χ3n) is 5.56. The molecule has 0 radical (unpaired) electrons. The standard InChI is InChI=1S/C22H15N7O2/c1-23-13-6-7-15-18(10-13)28(12-25-15)21-24-11-16-20(27-21)29(22(30)26-16)17-8-9-31-19-5-3-2-4-14(17)19/h2-7,10-12,17H,8-9H2,(H,26,30)/t17-/m1/s1. The van der Waals surface area contributed by atoms with Crippen LogP contribution < -0.4 is 10.4 Å². The van der Waals surface area contributed by atoms with E-state index in [-0.39, 0.29) is 11.7 Å². The Hall–Kier alpha value is -4.45. The quantitative estimate of drug-likeness (QED) is 0.451. The first-order valence-corrected chi connectivity index (χ1v) is 9.77. The molecule has 31 heavy (non-hydrogen) atoms. The van der Waals surface area contributed by atoms with Crippen molar-refractivity contribution in [3.63, 3.8) is 0 Å². The summed E-state index contributed by atoms with van der Waals surface area (Å²) in [5, 5.41) is 0. The topological polar surface area (TPSA) is 95.0 Å². The SMILES string of the molecule is [C-]#[N+]c1ccc2ncn(-c3ncc4[nH]c(=O)n([C@@H]5CCOc6ccccc65)c4n3)c2c1. The highest BCUT2D eigenvalue weighted by Gasteiger charge is 2.26. The molecule has 1 N–H and O–H groups in total. The van der Waals surface area contributed by atoms with E-state index in [4.69, 9.17) is 16.3 Å². The zero-order chi connectivity index (χ0) is 20.9. The molecule has 6 rings (SSSR count). The predicted molar refractivity (Wildman–Crippen MR) is 114 cm³/mol. The molecule has 0 amide bonds. The van der Waals surface area contributed by atoms with Crippen molar-refractivity contribution in [2.45, 2.75) is 12.5 Å². The Morgan fingerprint density at radius 1 is 1.19 bits per heavy atom. The van der Waals surface area contributed by atoms with Crippen molar-refractivity contribution in [2.24, 2.45) is 0 Å². The average molecular weight is 409 g/mol. The van der Waals surface area contributed by atoms with Gasteiger partial charge in [-0.15, -0.1) is 0 Å². The summed E-state index contributed by atoms with van der Waals surface area (Å²) in [5.74, 6) is 1.16. The Labute approximate surface area is 175 Å². The lowest BCUT2D eigenvalue weighted by Gasteiger charge is -2.26. The van der Waals surface area contributed by atoms with Crippen molar-refractivity contribution >= 4 is 27.9 Å². The number of fused-ring (bicyclic) bond motifs is 3. The zero-order valence-corrected chi connectivity index (χ0v) is 16.2. The molecule has 0 saturated carbocycles. The van der Waals surface area contributed by atoms with Crippen LogP contribution in [0.3, 0.4) is 0 Å². The van der Waals surface area contributed by atoms with Crippen LogP contribution in [0.2, 0.25) is 0 Å². The van der Waals surface area contributed by atoms with Gasteiger partial charge in [0.25, 0.3) is 0 Å². The highest BCUT2D eigenvalue weighted by Crippen LogP contribution is 2.35. The largest absolute Gasteiger partial charge is 0.493 e. The minimum atomic E-state index is -0.242. The van der Waals surface area contributed by atoms with Crippen molar-refractivity contribution in [3.05, 3.63) is 82.5 Å². The second-order valence-corrected chi connectivity index (χ2v) is 7.30. The van der Waals surface area contributed by atoms with Gasteiger partial charge in [0.1, 0.15) is 17.6 Å². The first kappa shape index (κ1) is 17.4. The first-order chi connectivity index (χ1) is 15.2. The summed E-state index contributed by atoms with van der Waals surface area (Å²) in [6, 6.07) is 12.8. The maximum atomic E-state index is 12.9. The Balaban J connectivity index is 1.56. The van der Waals surface area contributed by atoms with Gasteiger partial charge in [0.15, 0.2) is 11.3 Å².